The van der Waals surface area contributed by atoms with Gasteiger partial charge in [0.05, 0.1) is 18.3 Å². The van der Waals surface area contributed by atoms with Gasteiger partial charge in [-0.15, -0.1) is 10.2 Å². The Morgan fingerprint density at radius 1 is 1.27 bits per heavy atom. The fraction of sp³-hybridized carbons (Fsp3) is 0.550. The number of hydrogen-bond acceptors (Lipinski definition) is 5. The molecule has 3 rings (SSSR count). The van der Waals surface area contributed by atoms with E-state index in [9.17, 15) is 4.79 Å². The average Bonchev–Trinajstić information content (AvgIpc) is 3.23. The topological polar surface area (TPSA) is 59.8 Å². The first-order chi connectivity index (χ1) is 12.3. The van der Waals surface area contributed by atoms with E-state index in [1.54, 1.807) is 0 Å². The van der Waals surface area contributed by atoms with Crippen molar-refractivity contribution in [1.29, 1.82) is 0 Å². The highest BCUT2D eigenvalue weighted by atomic mass is 32.2. The van der Waals surface area contributed by atoms with Gasteiger partial charge in [0.25, 0.3) is 0 Å². The predicted molar refractivity (Wildman–Crippen MR) is 105 cm³/mol. The number of aryl methyl sites for hydroxylation is 1. The third-order valence-electron chi connectivity index (χ3n) is 4.75. The summed E-state index contributed by atoms with van der Waals surface area (Å²) in [6.07, 6.45) is 2.24. The zero-order chi connectivity index (χ0) is 18.7. The van der Waals surface area contributed by atoms with Gasteiger partial charge in [-0.1, -0.05) is 62.4 Å². The lowest BCUT2D eigenvalue weighted by Crippen LogP contribution is -2.22. The van der Waals surface area contributed by atoms with Gasteiger partial charge in [0.15, 0.2) is 11.0 Å². The Morgan fingerprint density at radius 3 is 2.62 bits per heavy atom. The van der Waals surface area contributed by atoms with Crippen LogP contribution in [0.1, 0.15) is 56.6 Å². The van der Waals surface area contributed by atoms with Crippen molar-refractivity contribution in [3.8, 4) is 0 Å². The number of rotatable bonds is 6. The lowest BCUT2D eigenvalue weighted by Gasteiger charge is -2.17. The molecule has 0 saturated carbocycles. The zero-order valence-corrected chi connectivity index (χ0v) is 16.9. The summed E-state index contributed by atoms with van der Waals surface area (Å²) in [7, 11) is 0. The Morgan fingerprint density at radius 2 is 2.00 bits per heavy atom. The second-order valence-corrected chi connectivity index (χ2v) is 8.97. The molecule has 1 aliphatic rings. The van der Waals surface area contributed by atoms with Gasteiger partial charge in [-0.2, -0.15) is 0 Å². The Labute approximate surface area is 160 Å². The summed E-state index contributed by atoms with van der Waals surface area (Å²) in [6.45, 7) is 9.72. The van der Waals surface area contributed by atoms with Crippen LogP contribution in [0.15, 0.2) is 29.4 Å². The molecule has 6 heteroatoms. The molecule has 2 heterocycles. The second-order valence-electron chi connectivity index (χ2n) is 8.02. The lowest BCUT2D eigenvalue weighted by molar-refractivity contribution is -0.123. The van der Waals surface area contributed by atoms with Crippen molar-refractivity contribution in [3.63, 3.8) is 0 Å². The molecule has 26 heavy (non-hydrogen) atoms. The molecular formula is C20H28N4OS. The summed E-state index contributed by atoms with van der Waals surface area (Å²) in [4.78, 5) is 12.3. The van der Waals surface area contributed by atoms with E-state index < -0.39 is 0 Å². The van der Waals surface area contributed by atoms with Crippen LogP contribution in [0.5, 0.6) is 0 Å². The smallest absolute Gasteiger partial charge is 0.192 e. The number of Topliss-reactive ketones (excluding diaryl/α,β-unsaturated/α-hetero) is 1. The van der Waals surface area contributed by atoms with E-state index in [2.05, 4.69) is 51.3 Å². The summed E-state index contributed by atoms with van der Waals surface area (Å²) in [5.41, 5.74) is 2.14. The predicted octanol–water partition coefficient (Wildman–Crippen LogP) is 3.77. The number of aromatic nitrogens is 3. The molecule has 1 N–H and O–H groups in total. The van der Waals surface area contributed by atoms with E-state index in [0.717, 1.165) is 36.9 Å². The van der Waals surface area contributed by atoms with Crippen molar-refractivity contribution in [2.75, 3.05) is 12.3 Å². The highest BCUT2D eigenvalue weighted by molar-refractivity contribution is 7.99. The van der Waals surface area contributed by atoms with Crippen molar-refractivity contribution in [2.24, 2.45) is 5.41 Å². The highest BCUT2D eigenvalue weighted by Crippen LogP contribution is 2.28. The molecule has 0 radical (unpaired) electrons. The molecule has 1 aromatic heterocycles. The first-order valence-electron chi connectivity index (χ1n) is 9.23. The molecule has 0 spiro atoms. The summed E-state index contributed by atoms with van der Waals surface area (Å²) in [5, 5.41) is 13.2. The summed E-state index contributed by atoms with van der Waals surface area (Å²) < 4.78 is 2.17. The van der Waals surface area contributed by atoms with Crippen LogP contribution in [0.4, 0.5) is 0 Å². The molecule has 1 aromatic carbocycles. The average molecular weight is 373 g/mol. The third-order valence-corrected chi connectivity index (χ3v) is 5.71. The summed E-state index contributed by atoms with van der Waals surface area (Å²) in [6, 6.07) is 8.80. The fourth-order valence-corrected chi connectivity index (χ4v) is 4.05. The Kier molecular flexibility index (Phi) is 5.82. The minimum atomic E-state index is -0.329. The van der Waals surface area contributed by atoms with Crippen LogP contribution in [-0.4, -0.2) is 32.8 Å². The van der Waals surface area contributed by atoms with Crippen molar-refractivity contribution in [1.82, 2.24) is 20.1 Å². The molecule has 1 fully saturated rings. The number of ketones is 1. The summed E-state index contributed by atoms with van der Waals surface area (Å²) in [5.74, 6) is 1.63. The van der Waals surface area contributed by atoms with Crippen LogP contribution in [0.3, 0.4) is 0 Å². The monoisotopic (exact) mass is 372 g/mol. The van der Waals surface area contributed by atoms with Gasteiger partial charge in [0.1, 0.15) is 5.78 Å². The molecule has 0 aliphatic carbocycles. The second kappa shape index (κ2) is 7.92. The van der Waals surface area contributed by atoms with E-state index in [0.29, 0.717) is 5.75 Å². The number of thioether (sulfide) groups is 1. The molecule has 1 saturated heterocycles. The maximum atomic E-state index is 12.3. The summed E-state index contributed by atoms with van der Waals surface area (Å²) >= 11 is 1.50. The van der Waals surface area contributed by atoms with Crippen LogP contribution < -0.4 is 5.32 Å². The molecule has 5 nitrogen and oxygen atoms in total. The van der Waals surface area contributed by atoms with Gasteiger partial charge < -0.3 is 9.88 Å². The highest BCUT2D eigenvalue weighted by Gasteiger charge is 2.26. The van der Waals surface area contributed by atoms with Crippen LogP contribution >= 0.6 is 11.8 Å². The number of nitrogens with one attached hydrogen (secondary N) is 1. The molecule has 2 aromatic rings. The Balaban J connectivity index is 1.83. The van der Waals surface area contributed by atoms with Crippen LogP contribution in [0.25, 0.3) is 0 Å². The lowest BCUT2D eigenvalue weighted by atomic mass is 9.92. The van der Waals surface area contributed by atoms with Gasteiger partial charge in [-0.3, -0.25) is 4.79 Å². The van der Waals surface area contributed by atoms with E-state index in [1.807, 2.05) is 20.8 Å². The molecule has 0 amide bonds. The van der Waals surface area contributed by atoms with Gasteiger partial charge in [0.2, 0.25) is 0 Å². The van der Waals surface area contributed by atoms with Crippen LogP contribution in [-0.2, 0) is 11.3 Å². The standard InChI is InChI=1S/C20H28N4OS/c1-14-7-9-15(10-8-14)12-24-18(16-6-5-11-21-16)22-23-19(24)26-13-17(25)20(2,3)4/h7-10,16,21H,5-6,11-13H2,1-4H3. The van der Waals surface area contributed by atoms with Gasteiger partial charge in [0, 0.05) is 5.41 Å². The molecular weight excluding hydrogens is 344 g/mol. The van der Waals surface area contributed by atoms with E-state index in [-0.39, 0.29) is 17.2 Å². The van der Waals surface area contributed by atoms with Gasteiger partial charge >= 0.3 is 0 Å². The number of nitrogens with zero attached hydrogens (tertiary/aromatic N) is 3. The minimum absolute atomic E-state index is 0.230. The van der Waals surface area contributed by atoms with Gasteiger partial charge in [-0.05, 0) is 31.9 Å². The molecule has 1 atom stereocenters. The first-order valence-corrected chi connectivity index (χ1v) is 10.2. The van der Waals surface area contributed by atoms with Crippen LogP contribution in [0.2, 0.25) is 0 Å². The normalized spacial score (nSPS) is 17.6. The largest absolute Gasteiger partial charge is 0.307 e. The molecule has 1 aliphatic heterocycles. The molecule has 1 unspecified atom stereocenters. The molecule has 0 bridgehead atoms. The molecule has 140 valence electrons. The maximum absolute atomic E-state index is 12.3. The van der Waals surface area contributed by atoms with Crippen molar-refractivity contribution in [3.05, 3.63) is 41.2 Å². The zero-order valence-electron chi connectivity index (χ0n) is 16.1. The van der Waals surface area contributed by atoms with Crippen molar-refractivity contribution >= 4 is 17.5 Å². The van der Waals surface area contributed by atoms with Crippen LogP contribution in [0, 0.1) is 12.3 Å². The number of hydrogen-bond donors (Lipinski definition) is 1. The first kappa shape index (κ1) is 19.1. The quantitative estimate of drug-likeness (QED) is 0.782. The Hall–Kier alpha value is -1.66. The van der Waals surface area contributed by atoms with E-state index in [1.165, 1.54) is 22.9 Å². The van der Waals surface area contributed by atoms with Gasteiger partial charge in [-0.25, -0.2) is 0 Å². The maximum Gasteiger partial charge on any atom is 0.192 e. The van der Waals surface area contributed by atoms with E-state index >= 15 is 0 Å². The van der Waals surface area contributed by atoms with Crippen molar-refractivity contribution in [2.45, 2.75) is 58.3 Å². The number of carbonyl (C=O) groups is 1. The van der Waals surface area contributed by atoms with Crippen molar-refractivity contribution < 1.29 is 4.79 Å². The number of carbonyl (C=O) groups excluding carboxylic acids is 1. The fourth-order valence-electron chi connectivity index (χ4n) is 2.94. The third kappa shape index (κ3) is 4.54. The minimum Gasteiger partial charge on any atom is -0.307 e. The SMILES string of the molecule is Cc1ccc(Cn2c(SCC(=O)C(C)(C)C)nnc2C2CCCN2)cc1. The Bertz CT molecular complexity index is 755. The number of benzene rings is 1. The van der Waals surface area contributed by atoms with E-state index in [4.69, 9.17) is 0 Å².